The fourth-order valence-corrected chi connectivity index (χ4v) is 6.70. The van der Waals surface area contributed by atoms with Gasteiger partial charge in [-0.05, 0) is 104 Å². The summed E-state index contributed by atoms with van der Waals surface area (Å²) < 4.78 is 34.5. The first-order chi connectivity index (χ1) is 17.4. The number of sulfonamides is 1. The Balaban J connectivity index is 1.46. The minimum atomic E-state index is -3.52. The Hall–Kier alpha value is -3.10. The molecule has 0 amide bonds. The van der Waals surface area contributed by atoms with Gasteiger partial charge in [-0.3, -0.25) is 9.71 Å². The predicted molar refractivity (Wildman–Crippen MR) is 145 cm³/mol. The number of aryl methyl sites for hydroxylation is 1. The van der Waals surface area contributed by atoms with Gasteiger partial charge in [0.2, 0.25) is 10.0 Å². The maximum absolute atomic E-state index is 13.4. The average molecular weight is 507 g/mol. The summed E-state index contributed by atoms with van der Waals surface area (Å²) in [6.07, 6.45) is 3.69. The molecule has 36 heavy (non-hydrogen) atoms. The number of nitrogens with two attached hydrogens (primary N) is 1. The van der Waals surface area contributed by atoms with E-state index >= 15 is 0 Å². The lowest BCUT2D eigenvalue weighted by atomic mass is 9.91. The van der Waals surface area contributed by atoms with Crippen LogP contribution in [0.2, 0.25) is 0 Å². The summed E-state index contributed by atoms with van der Waals surface area (Å²) in [4.78, 5) is 0. The summed E-state index contributed by atoms with van der Waals surface area (Å²) in [5, 5.41) is 13.1. The predicted octanol–water partition coefficient (Wildman–Crippen LogP) is 4.35. The van der Waals surface area contributed by atoms with Crippen LogP contribution in [0, 0.1) is 11.3 Å². The van der Waals surface area contributed by atoms with Crippen LogP contribution < -0.4 is 20.1 Å². The zero-order valence-corrected chi connectivity index (χ0v) is 21.5. The van der Waals surface area contributed by atoms with E-state index in [0.717, 1.165) is 65.7 Å². The van der Waals surface area contributed by atoms with Crippen LogP contribution in [-0.2, 0) is 16.4 Å². The zero-order valence-electron chi connectivity index (χ0n) is 20.7. The number of rotatable bonds is 7. The zero-order chi connectivity index (χ0) is 25.3. The third-order valence-corrected chi connectivity index (χ3v) is 9.21. The van der Waals surface area contributed by atoms with Gasteiger partial charge in [-0.2, -0.15) is 0 Å². The number of ether oxygens (including phenoxy) is 1. The SMILES string of the molecule is CCS(=O)(=O)N1c2ccc(OCC3CCNCC3)cc2CCC1c1ccc2ccc(C(=N)N)cc2c1. The van der Waals surface area contributed by atoms with Crippen LogP contribution in [0.15, 0.2) is 54.6 Å². The number of nitrogens with zero attached hydrogens (tertiary/aromatic N) is 1. The van der Waals surface area contributed by atoms with Gasteiger partial charge in [0.25, 0.3) is 0 Å². The molecular weight excluding hydrogens is 472 g/mol. The van der Waals surface area contributed by atoms with Crippen molar-refractivity contribution in [2.24, 2.45) is 11.7 Å². The topological polar surface area (TPSA) is 109 Å². The molecule has 2 aliphatic heterocycles. The van der Waals surface area contributed by atoms with E-state index in [2.05, 4.69) is 5.32 Å². The van der Waals surface area contributed by atoms with Crippen molar-refractivity contribution >= 4 is 32.3 Å². The first-order valence-corrected chi connectivity index (χ1v) is 14.3. The molecule has 1 fully saturated rings. The number of hydrogen-bond donors (Lipinski definition) is 3. The minimum absolute atomic E-state index is 0.0160. The molecule has 3 aromatic carbocycles. The van der Waals surface area contributed by atoms with Crippen LogP contribution in [0.4, 0.5) is 5.69 Å². The highest BCUT2D eigenvalue weighted by Crippen LogP contribution is 2.42. The van der Waals surface area contributed by atoms with Crippen LogP contribution in [0.3, 0.4) is 0 Å². The van der Waals surface area contributed by atoms with Crippen molar-refractivity contribution in [1.29, 1.82) is 5.41 Å². The number of hydrogen-bond acceptors (Lipinski definition) is 5. The van der Waals surface area contributed by atoms with Crippen LogP contribution in [0.1, 0.15) is 48.9 Å². The van der Waals surface area contributed by atoms with Gasteiger partial charge in [-0.25, -0.2) is 8.42 Å². The molecule has 5 rings (SSSR count). The molecule has 1 unspecified atom stereocenters. The van der Waals surface area contributed by atoms with E-state index in [4.69, 9.17) is 15.9 Å². The van der Waals surface area contributed by atoms with E-state index in [-0.39, 0.29) is 17.6 Å². The Labute approximate surface area is 213 Å². The number of amidine groups is 1. The van der Waals surface area contributed by atoms with Crippen molar-refractivity contribution in [3.63, 3.8) is 0 Å². The standard InChI is InChI=1S/C28H34N4O3S/c1-2-36(33,34)32-26(21-5-3-20-4-6-23(28(29)30)16-24(20)15-21)9-7-22-17-25(8-10-27(22)32)35-18-19-11-13-31-14-12-19/h3-6,8,10,15-17,19,26,31H,2,7,9,11-14,18H2,1H3,(H3,29,30). The summed E-state index contributed by atoms with van der Waals surface area (Å²) in [7, 11) is -3.52. The van der Waals surface area contributed by atoms with Gasteiger partial charge in [0.15, 0.2) is 0 Å². The van der Waals surface area contributed by atoms with Gasteiger partial charge in [-0.1, -0.05) is 24.3 Å². The van der Waals surface area contributed by atoms with Crippen molar-refractivity contribution in [2.75, 3.05) is 29.8 Å². The molecule has 0 aliphatic carbocycles. The third-order valence-electron chi connectivity index (χ3n) is 7.43. The summed E-state index contributed by atoms with van der Waals surface area (Å²) in [5.74, 6) is 1.41. The Kier molecular flexibility index (Phi) is 6.90. The lowest BCUT2D eigenvalue weighted by Gasteiger charge is -2.38. The van der Waals surface area contributed by atoms with Crippen LogP contribution in [0.25, 0.3) is 10.8 Å². The van der Waals surface area contributed by atoms with Crippen molar-refractivity contribution in [3.8, 4) is 5.75 Å². The van der Waals surface area contributed by atoms with Crippen LogP contribution >= 0.6 is 0 Å². The third kappa shape index (κ3) is 4.92. The van der Waals surface area contributed by atoms with Crippen LogP contribution in [0.5, 0.6) is 5.75 Å². The number of benzene rings is 3. The van der Waals surface area contributed by atoms with Crippen molar-refractivity contribution in [1.82, 2.24) is 5.32 Å². The highest BCUT2D eigenvalue weighted by molar-refractivity contribution is 7.92. The monoisotopic (exact) mass is 506 g/mol. The van der Waals surface area contributed by atoms with Crippen molar-refractivity contribution in [3.05, 3.63) is 71.3 Å². The van der Waals surface area contributed by atoms with E-state index in [1.807, 2.05) is 54.6 Å². The first kappa shape index (κ1) is 24.6. The Morgan fingerprint density at radius 3 is 2.58 bits per heavy atom. The molecule has 0 bridgehead atoms. The summed E-state index contributed by atoms with van der Waals surface area (Å²) in [6, 6.07) is 17.3. The fraction of sp³-hybridized carbons (Fsp3) is 0.393. The second-order valence-electron chi connectivity index (χ2n) is 9.78. The molecule has 0 spiro atoms. The quantitative estimate of drug-likeness (QED) is 0.326. The highest BCUT2D eigenvalue weighted by atomic mass is 32.2. The Morgan fingerprint density at radius 1 is 1.06 bits per heavy atom. The number of nitrogen functional groups attached to an aromatic ring is 1. The second-order valence-corrected chi connectivity index (χ2v) is 11.9. The molecule has 8 heteroatoms. The molecule has 0 saturated carbocycles. The summed E-state index contributed by atoms with van der Waals surface area (Å²) >= 11 is 0. The molecule has 1 saturated heterocycles. The van der Waals surface area contributed by atoms with E-state index in [9.17, 15) is 8.42 Å². The number of anilines is 1. The number of nitrogens with one attached hydrogen (secondary N) is 2. The lowest BCUT2D eigenvalue weighted by Crippen LogP contribution is -2.39. The molecule has 190 valence electrons. The van der Waals surface area contributed by atoms with Crippen LogP contribution in [-0.4, -0.2) is 39.7 Å². The van der Waals surface area contributed by atoms with Crippen molar-refractivity contribution < 1.29 is 13.2 Å². The maximum Gasteiger partial charge on any atom is 0.235 e. The lowest BCUT2D eigenvalue weighted by molar-refractivity contribution is 0.215. The smallest absolute Gasteiger partial charge is 0.235 e. The van der Waals surface area contributed by atoms with E-state index in [1.54, 1.807) is 11.2 Å². The summed E-state index contributed by atoms with van der Waals surface area (Å²) in [6.45, 7) is 4.46. The molecule has 7 nitrogen and oxygen atoms in total. The van der Waals surface area contributed by atoms with E-state index < -0.39 is 10.0 Å². The van der Waals surface area contributed by atoms with Gasteiger partial charge in [0, 0.05) is 5.56 Å². The molecule has 2 heterocycles. The van der Waals surface area contributed by atoms with Gasteiger partial charge in [0.1, 0.15) is 11.6 Å². The molecule has 0 aromatic heterocycles. The summed E-state index contributed by atoms with van der Waals surface area (Å²) in [5.41, 5.74) is 9.03. The fourth-order valence-electron chi connectivity index (χ4n) is 5.33. The molecule has 3 aromatic rings. The highest BCUT2D eigenvalue weighted by Gasteiger charge is 2.35. The molecule has 4 N–H and O–H groups in total. The Morgan fingerprint density at radius 2 is 1.83 bits per heavy atom. The van der Waals surface area contributed by atoms with Crippen molar-refractivity contribution in [2.45, 2.75) is 38.6 Å². The number of piperidine rings is 1. The van der Waals surface area contributed by atoms with Gasteiger partial charge in [-0.15, -0.1) is 0 Å². The maximum atomic E-state index is 13.4. The number of fused-ring (bicyclic) bond motifs is 2. The van der Waals surface area contributed by atoms with Gasteiger partial charge < -0.3 is 15.8 Å². The average Bonchev–Trinajstić information content (AvgIpc) is 2.91. The molecule has 0 radical (unpaired) electrons. The largest absolute Gasteiger partial charge is 0.493 e. The molecule has 2 aliphatic rings. The molecule has 1 atom stereocenters. The van der Waals surface area contributed by atoms with Gasteiger partial charge in [0.05, 0.1) is 24.1 Å². The van der Waals surface area contributed by atoms with E-state index in [0.29, 0.717) is 24.5 Å². The Bertz CT molecular complexity index is 1380. The minimum Gasteiger partial charge on any atom is -0.493 e. The first-order valence-electron chi connectivity index (χ1n) is 12.7. The molecular formula is C28H34N4O3S. The normalized spacial score (nSPS) is 18.7. The van der Waals surface area contributed by atoms with Gasteiger partial charge >= 0.3 is 0 Å². The second kappa shape index (κ2) is 10.1. The van der Waals surface area contributed by atoms with E-state index in [1.165, 1.54) is 0 Å².